The lowest BCUT2D eigenvalue weighted by Gasteiger charge is -2.12. The van der Waals surface area contributed by atoms with E-state index >= 15 is 0 Å². The third kappa shape index (κ3) is 6.16. The van der Waals surface area contributed by atoms with Crippen molar-refractivity contribution in [1.29, 1.82) is 0 Å². The van der Waals surface area contributed by atoms with Crippen molar-refractivity contribution in [1.82, 2.24) is 15.0 Å². The van der Waals surface area contributed by atoms with Crippen LogP contribution in [0.3, 0.4) is 0 Å². The molecule has 0 spiro atoms. The van der Waals surface area contributed by atoms with Gasteiger partial charge in [-0.15, -0.1) is 0 Å². The van der Waals surface area contributed by atoms with Crippen LogP contribution in [0.25, 0.3) is 111 Å². The summed E-state index contributed by atoms with van der Waals surface area (Å²) >= 11 is 0. The van der Waals surface area contributed by atoms with Crippen LogP contribution < -0.4 is 0 Å². The molecule has 0 amide bonds. The van der Waals surface area contributed by atoms with E-state index < -0.39 is 0 Å². The second kappa shape index (κ2) is 14.1. The molecule has 0 fully saturated rings. The van der Waals surface area contributed by atoms with E-state index in [0.29, 0.717) is 17.5 Å². The van der Waals surface area contributed by atoms with Gasteiger partial charge in [-0.25, -0.2) is 15.0 Å². The molecule has 1 heterocycles. The van der Waals surface area contributed by atoms with Gasteiger partial charge in [0, 0.05) is 16.7 Å². The monoisotopic (exact) mass is 737 g/mol. The normalized spacial score (nSPS) is 11.4. The summed E-state index contributed by atoms with van der Waals surface area (Å²) in [5, 5.41) is 9.69. The molecule has 0 aliphatic rings. The summed E-state index contributed by atoms with van der Waals surface area (Å²) in [6, 6.07) is 75.4. The molecule has 58 heavy (non-hydrogen) atoms. The summed E-state index contributed by atoms with van der Waals surface area (Å²) in [6.07, 6.45) is 0. The summed E-state index contributed by atoms with van der Waals surface area (Å²) in [6.45, 7) is 0. The van der Waals surface area contributed by atoms with Crippen molar-refractivity contribution in [3.05, 3.63) is 212 Å². The maximum absolute atomic E-state index is 5.20. The molecular weight excluding hydrogens is 703 g/mol. The van der Waals surface area contributed by atoms with Crippen molar-refractivity contribution < 1.29 is 0 Å². The molecule has 1 aromatic heterocycles. The molecule has 10 aromatic carbocycles. The van der Waals surface area contributed by atoms with E-state index in [9.17, 15) is 0 Å². The first kappa shape index (κ1) is 33.6. The first-order valence-corrected chi connectivity index (χ1v) is 19.7. The topological polar surface area (TPSA) is 38.7 Å². The molecule has 0 atom stereocenters. The highest BCUT2D eigenvalue weighted by molar-refractivity contribution is 6.08. The Labute approximate surface area is 336 Å². The molecule has 0 aliphatic heterocycles. The van der Waals surface area contributed by atoms with Gasteiger partial charge in [0.05, 0.1) is 0 Å². The minimum absolute atomic E-state index is 0.628. The van der Waals surface area contributed by atoms with Gasteiger partial charge in [-0.1, -0.05) is 182 Å². The molecule has 0 saturated carbocycles. The van der Waals surface area contributed by atoms with E-state index in [0.717, 1.165) is 38.8 Å². The van der Waals surface area contributed by atoms with Crippen molar-refractivity contribution in [2.75, 3.05) is 0 Å². The van der Waals surface area contributed by atoms with Crippen LogP contribution in [0.2, 0.25) is 0 Å². The van der Waals surface area contributed by atoms with Crippen molar-refractivity contribution in [3.63, 3.8) is 0 Å². The molecule has 0 bridgehead atoms. The third-order valence-electron chi connectivity index (χ3n) is 11.3. The molecule has 270 valence electrons. The number of hydrogen-bond acceptors (Lipinski definition) is 3. The van der Waals surface area contributed by atoms with Crippen LogP contribution in [-0.2, 0) is 0 Å². The molecule has 0 radical (unpaired) electrons. The molecule has 11 rings (SSSR count). The molecule has 0 N–H and O–H groups in total. The number of hydrogen-bond donors (Lipinski definition) is 0. The molecule has 0 saturated heterocycles. The lowest BCUT2D eigenvalue weighted by Crippen LogP contribution is -2.00. The predicted octanol–water partition coefficient (Wildman–Crippen LogP) is 14.5. The van der Waals surface area contributed by atoms with Gasteiger partial charge in [0.25, 0.3) is 0 Å². The van der Waals surface area contributed by atoms with E-state index in [4.69, 9.17) is 15.0 Å². The minimum Gasteiger partial charge on any atom is -0.208 e. The largest absolute Gasteiger partial charge is 0.208 e. The van der Waals surface area contributed by atoms with E-state index in [1.807, 2.05) is 0 Å². The summed E-state index contributed by atoms with van der Waals surface area (Å²) in [5.74, 6) is 1.89. The van der Waals surface area contributed by atoms with Crippen LogP contribution in [0, 0.1) is 0 Å². The smallest absolute Gasteiger partial charge is 0.164 e. The summed E-state index contributed by atoms with van der Waals surface area (Å²) in [7, 11) is 0. The predicted molar refractivity (Wildman–Crippen MR) is 242 cm³/mol. The number of rotatable bonds is 6. The fourth-order valence-corrected chi connectivity index (χ4v) is 8.29. The maximum Gasteiger partial charge on any atom is 0.164 e. The van der Waals surface area contributed by atoms with Gasteiger partial charge in [-0.2, -0.15) is 0 Å². The second-order valence-corrected chi connectivity index (χ2v) is 14.9. The zero-order valence-electron chi connectivity index (χ0n) is 31.5. The standard InChI is InChI=1S/C55H35N3/c1-2-11-36(12-3-1)40-24-25-42-34-48(28-26-41(42)31-40)55-57-53(56-54(58-55)47-19-9-17-44(35-47)51-22-10-15-37-13-4-6-20-49(37)51)46-18-8-16-39(33-46)43-29-30-52-45(32-43)27-23-38-14-5-7-21-50(38)52/h1-35H. The third-order valence-corrected chi connectivity index (χ3v) is 11.3. The van der Waals surface area contributed by atoms with Crippen molar-refractivity contribution in [2.45, 2.75) is 0 Å². The van der Waals surface area contributed by atoms with Crippen LogP contribution in [0.1, 0.15) is 0 Å². The van der Waals surface area contributed by atoms with Crippen LogP contribution in [0.4, 0.5) is 0 Å². The fourth-order valence-electron chi connectivity index (χ4n) is 8.29. The van der Waals surface area contributed by atoms with Crippen LogP contribution in [-0.4, -0.2) is 15.0 Å². The molecule has 0 aliphatic carbocycles. The van der Waals surface area contributed by atoms with Crippen LogP contribution in [0.15, 0.2) is 212 Å². The average Bonchev–Trinajstić information content (AvgIpc) is 3.31. The van der Waals surface area contributed by atoms with Gasteiger partial charge >= 0.3 is 0 Å². The van der Waals surface area contributed by atoms with Gasteiger partial charge in [-0.3, -0.25) is 0 Å². The molecule has 0 unspecified atom stereocenters. The lowest BCUT2D eigenvalue weighted by atomic mass is 9.96. The van der Waals surface area contributed by atoms with Gasteiger partial charge < -0.3 is 0 Å². The molecule has 11 aromatic rings. The second-order valence-electron chi connectivity index (χ2n) is 14.9. The van der Waals surface area contributed by atoms with Gasteiger partial charge in [-0.05, 0) is 107 Å². The Bertz CT molecular complexity index is 3340. The minimum atomic E-state index is 0.628. The van der Waals surface area contributed by atoms with Gasteiger partial charge in [0.15, 0.2) is 17.5 Å². The van der Waals surface area contributed by atoms with Gasteiger partial charge in [0.1, 0.15) is 0 Å². The van der Waals surface area contributed by atoms with Crippen molar-refractivity contribution >= 4 is 43.1 Å². The Morgan fingerprint density at radius 3 is 1.38 bits per heavy atom. The Morgan fingerprint density at radius 1 is 0.207 bits per heavy atom. The first-order valence-electron chi connectivity index (χ1n) is 19.7. The highest BCUT2D eigenvalue weighted by Gasteiger charge is 2.15. The number of aromatic nitrogens is 3. The summed E-state index contributed by atoms with van der Waals surface area (Å²) in [5.41, 5.74) is 9.73. The molecule has 3 nitrogen and oxygen atoms in total. The Kier molecular flexibility index (Phi) is 8.15. The highest BCUT2D eigenvalue weighted by Crippen LogP contribution is 2.35. The van der Waals surface area contributed by atoms with Gasteiger partial charge in [0.2, 0.25) is 0 Å². The van der Waals surface area contributed by atoms with E-state index in [2.05, 4.69) is 212 Å². The first-order chi connectivity index (χ1) is 28.7. The highest BCUT2D eigenvalue weighted by atomic mass is 15.0. The SMILES string of the molecule is c1ccc(-c2ccc3cc(-c4nc(-c5cccc(-c6ccc7c(ccc8ccccc87)c6)c5)nc(-c5cccc(-c6cccc7ccccc67)c5)n4)ccc3c2)cc1. The fraction of sp³-hybridized carbons (Fsp3) is 0. The van der Waals surface area contributed by atoms with Crippen LogP contribution in [0.5, 0.6) is 0 Å². The zero-order valence-corrected chi connectivity index (χ0v) is 31.5. The van der Waals surface area contributed by atoms with E-state index in [-0.39, 0.29) is 0 Å². The number of benzene rings is 10. The maximum atomic E-state index is 5.20. The Balaban J connectivity index is 1.04. The average molecular weight is 738 g/mol. The number of nitrogens with zero attached hydrogens (tertiary/aromatic N) is 3. The van der Waals surface area contributed by atoms with E-state index in [1.54, 1.807) is 0 Å². The van der Waals surface area contributed by atoms with E-state index in [1.165, 1.54) is 54.4 Å². The van der Waals surface area contributed by atoms with Crippen LogP contribution >= 0.6 is 0 Å². The van der Waals surface area contributed by atoms with Crippen molar-refractivity contribution in [2.24, 2.45) is 0 Å². The van der Waals surface area contributed by atoms with Crippen molar-refractivity contribution in [3.8, 4) is 67.5 Å². The Hall–Kier alpha value is -7.75. The number of fused-ring (bicyclic) bond motifs is 5. The summed E-state index contributed by atoms with van der Waals surface area (Å²) < 4.78 is 0. The zero-order chi connectivity index (χ0) is 38.4. The Morgan fingerprint density at radius 2 is 0.621 bits per heavy atom. The molecular formula is C55H35N3. The lowest BCUT2D eigenvalue weighted by molar-refractivity contribution is 1.07. The molecule has 3 heteroatoms. The quantitative estimate of drug-likeness (QED) is 0.160. The summed E-state index contributed by atoms with van der Waals surface area (Å²) in [4.78, 5) is 15.6.